The fourth-order valence-corrected chi connectivity index (χ4v) is 4.52. The Bertz CT molecular complexity index is 614. The number of benzene rings is 1. The van der Waals surface area contributed by atoms with E-state index < -0.39 is 10.0 Å². The number of hydrogen-bond donors (Lipinski definition) is 2. The minimum Gasteiger partial charge on any atom is -0.493 e. The van der Waals surface area contributed by atoms with Crippen molar-refractivity contribution in [3.63, 3.8) is 0 Å². The maximum atomic E-state index is 12.5. The van der Waals surface area contributed by atoms with Crippen molar-refractivity contribution < 1.29 is 18.3 Å². The second-order valence-electron chi connectivity index (χ2n) is 5.90. The summed E-state index contributed by atoms with van der Waals surface area (Å²) in [6, 6.07) is 4.95. The van der Waals surface area contributed by atoms with Gasteiger partial charge >= 0.3 is 0 Å². The highest BCUT2D eigenvalue weighted by Crippen LogP contribution is 2.29. The van der Waals surface area contributed by atoms with Gasteiger partial charge < -0.3 is 9.84 Å². The molecule has 0 aromatic heterocycles. The number of ether oxygens (including phenoxy) is 1. The quantitative estimate of drug-likeness (QED) is 0.882. The Balaban J connectivity index is 1.74. The van der Waals surface area contributed by atoms with Gasteiger partial charge in [-0.05, 0) is 48.9 Å². The van der Waals surface area contributed by atoms with Gasteiger partial charge in [-0.25, -0.2) is 13.1 Å². The molecule has 6 heteroatoms. The van der Waals surface area contributed by atoms with E-state index in [4.69, 9.17) is 4.74 Å². The van der Waals surface area contributed by atoms with Crippen LogP contribution in [0.3, 0.4) is 0 Å². The minimum absolute atomic E-state index is 0.0783. The fraction of sp³-hybridized carbons (Fsp3) is 0.600. The average Bonchev–Trinajstić information content (AvgIpc) is 2.94. The van der Waals surface area contributed by atoms with Gasteiger partial charge in [0.2, 0.25) is 10.0 Å². The van der Waals surface area contributed by atoms with E-state index in [1.165, 1.54) is 0 Å². The van der Waals surface area contributed by atoms with Crippen LogP contribution in [-0.2, 0) is 16.4 Å². The standard InChI is InChI=1S/C15H21NO4S/c17-10-11-2-1-3-13(8-11)16-21(18,19)14-4-5-15-12(9-14)6-7-20-15/h4-5,9,11,13,16-17H,1-3,6-8,10H2/t11-,13-/m1/s1. The zero-order valence-corrected chi connectivity index (χ0v) is 12.7. The van der Waals surface area contributed by atoms with Gasteiger partial charge in [0, 0.05) is 19.1 Å². The van der Waals surface area contributed by atoms with Gasteiger partial charge in [0.05, 0.1) is 11.5 Å². The highest BCUT2D eigenvalue weighted by Gasteiger charge is 2.27. The van der Waals surface area contributed by atoms with Crippen LogP contribution in [0.5, 0.6) is 5.75 Å². The Morgan fingerprint density at radius 1 is 1.33 bits per heavy atom. The lowest BCUT2D eigenvalue weighted by Crippen LogP contribution is -2.39. The first kappa shape index (κ1) is 14.8. The summed E-state index contributed by atoms with van der Waals surface area (Å²) < 4.78 is 33.2. The molecule has 1 saturated carbocycles. The van der Waals surface area contributed by atoms with E-state index >= 15 is 0 Å². The molecule has 2 atom stereocenters. The highest BCUT2D eigenvalue weighted by molar-refractivity contribution is 7.89. The lowest BCUT2D eigenvalue weighted by Gasteiger charge is -2.28. The molecule has 0 radical (unpaired) electrons. The number of sulfonamides is 1. The topological polar surface area (TPSA) is 75.6 Å². The predicted molar refractivity (Wildman–Crippen MR) is 78.8 cm³/mol. The van der Waals surface area contributed by atoms with Gasteiger partial charge in [0.1, 0.15) is 5.75 Å². The number of aliphatic hydroxyl groups is 1. The molecule has 2 N–H and O–H groups in total. The number of rotatable bonds is 4. The van der Waals surface area contributed by atoms with Crippen LogP contribution < -0.4 is 9.46 Å². The largest absolute Gasteiger partial charge is 0.493 e. The molecule has 0 spiro atoms. The normalized spacial score (nSPS) is 25.4. The first-order valence-corrected chi connectivity index (χ1v) is 8.96. The molecule has 1 fully saturated rings. The van der Waals surface area contributed by atoms with E-state index in [-0.39, 0.29) is 18.6 Å². The molecule has 0 unspecified atom stereocenters. The molecule has 1 aromatic rings. The van der Waals surface area contributed by atoms with E-state index in [1.807, 2.05) is 0 Å². The van der Waals surface area contributed by atoms with Gasteiger partial charge in [-0.1, -0.05) is 6.42 Å². The summed E-state index contributed by atoms with van der Waals surface area (Å²) in [7, 11) is -3.50. The van der Waals surface area contributed by atoms with Crippen LogP contribution in [0.4, 0.5) is 0 Å². The molecule has 1 heterocycles. The van der Waals surface area contributed by atoms with E-state index in [0.717, 1.165) is 37.0 Å². The molecule has 0 bridgehead atoms. The molecule has 0 amide bonds. The summed E-state index contributed by atoms with van der Waals surface area (Å²) in [4.78, 5) is 0.304. The number of nitrogens with one attached hydrogen (secondary N) is 1. The third-order valence-electron chi connectivity index (χ3n) is 4.33. The maximum Gasteiger partial charge on any atom is 0.240 e. The summed E-state index contributed by atoms with van der Waals surface area (Å²) in [5.74, 6) is 0.992. The van der Waals surface area contributed by atoms with Gasteiger partial charge in [0.25, 0.3) is 0 Å². The van der Waals surface area contributed by atoms with Crippen molar-refractivity contribution in [2.75, 3.05) is 13.2 Å². The smallest absolute Gasteiger partial charge is 0.240 e. The van der Waals surface area contributed by atoms with Crippen LogP contribution >= 0.6 is 0 Å². The van der Waals surface area contributed by atoms with E-state index in [0.29, 0.717) is 17.9 Å². The molecule has 1 aromatic carbocycles. The molecule has 0 saturated heterocycles. The second kappa shape index (κ2) is 5.94. The number of hydrogen-bond acceptors (Lipinski definition) is 4. The van der Waals surface area contributed by atoms with Crippen LogP contribution in [0.15, 0.2) is 23.1 Å². The summed E-state index contributed by atoms with van der Waals surface area (Å²) in [5, 5.41) is 9.24. The summed E-state index contributed by atoms with van der Waals surface area (Å²) >= 11 is 0. The van der Waals surface area contributed by atoms with Crippen LogP contribution in [0, 0.1) is 5.92 Å². The molecule has 21 heavy (non-hydrogen) atoms. The minimum atomic E-state index is -3.50. The molecule has 116 valence electrons. The van der Waals surface area contributed by atoms with Crippen LogP contribution in [0.1, 0.15) is 31.2 Å². The van der Waals surface area contributed by atoms with Crippen molar-refractivity contribution in [2.24, 2.45) is 5.92 Å². The van der Waals surface area contributed by atoms with E-state index in [2.05, 4.69) is 4.72 Å². The SMILES string of the molecule is O=S(=O)(N[C@@H]1CCC[C@@H](CO)C1)c1ccc2c(c1)CCO2. The Hall–Kier alpha value is -1.11. The Kier molecular flexibility index (Phi) is 4.19. The van der Waals surface area contributed by atoms with Gasteiger partial charge in [0.15, 0.2) is 0 Å². The third-order valence-corrected chi connectivity index (χ3v) is 5.85. The van der Waals surface area contributed by atoms with Gasteiger partial charge in [-0.3, -0.25) is 0 Å². The average molecular weight is 311 g/mol. The molecule has 3 rings (SSSR count). The summed E-state index contributed by atoms with van der Waals surface area (Å²) in [5.41, 5.74) is 0.953. The first-order chi connectivity index (χ1) is 10.1. The van der Waals surface area contributed by atoms with Crippen molar-refractivity contribution in [3.8, 4) is 5.75 Å². The molecule has 5 nitrogen and oxygen atoms in total. The highest BCUT2D eigenvalue weighted by atomic mass is 32.2. The van der Waals surface area contributed by atoms with Crippen molar-refractivity contribution >= 4 is 10.0 Å². The van der Waals surface area contributed by atoms with Crippen molar-refractivity contribution in [3.05, 3.63) is 23.8 Å². The lowest BCUT2D eigenvalue weighted by molar-refractivity contribution is 0.177. The van der Waals surface area contributed by atoms with Gasteiger partial charge in [-0.2, -0.15) is 0 Å². The molecular formula is C15H21NO4S. The van der Waals surface area contributed by atoms with Gasteiger partial charge in [-0.15, -0.1) is 0 Å². The predicted octanol–water partition coefficient (Wildman–Crippen LogP) is 1.45. The number of aliphatic hydroxyl groups excluding tert-OH is 1. The maximum absolute atomic E-state index is 12.5. The monoisotopic (exact) mass is 311 g/mol. The lowest BCUT2D eigenvalue weighted by atomic mass is 9.87. The molecule has 2 aliphatic rings. The van der Waals surface area contributed by atoms with E-state index in [1.54, 1.807) is 18.2 Å². The van der Waals surface area contributed by atoms with Crippen LogP contribution in [-0.4, -0.2) is 32.8 Å². The first-order valence-electron chi connectivity index (χ1n) is 7.47. The zero-order chi connectivity index (χ0) is 14.9. The van der Waals surface area contributed by atoms with E-state index in [9.17, 15) is 13.5 Å². The summed E-state index contributed by atoms with van der Waals surface area (Å²) in [6.07, 6.45) is 4.24. The van der Waals surface area contributed by atoms with Crippen molar-refractivity contribution in [2.45, 2.75) is 43.0 Å². The fourth-order valence-electron chi connectivity index (χ4n) is 3.18. The Morgan fingerprint density at radius 3 is 3.00 bits per heavy atom. The van der Waals surface area contributed by atoms with Crippen molar-refractivity contribution in [1.29, 1.82) is 0 Å². The molecule has 1 aliphatic carbocycles. The second-order valence-corrected chi connectivity index (χ2v) is 7.62. The molecular weight excluding hydrogens is 290 g/mol. The number of fused-ring (bicyclic) bond motifs is 1. The van der Waals surface area contributed by atoms with Crippen LogP contribution in [0.2, 0.25) is 0 Å². The molecule has 1 aliphatic heterocycles. The third kappa shape index (κ3) is 3.22. The zero-order valence-electron chi connectivity index (χ0n) is 11.9. The summed E-state index contributed by atoms with van der Waals surface area (Å²) in [6.45, 7) is 0.751. The Labute approximate surface area is 125 Å². The van der Waals surface area contributed by atoms with Crippen LogP contribution in [0.25, 0.3) is 0 Å². The van der Waals surface area contributed by atoms with Crippen molar-refractivity contribution in [1.82, 2.24) is 4.72 Å². The Morgan fingerprint density at radius 2 is 2.19 bits per heavy atom.